The van der Waals surface area contributed by atoms with Crippen molar-refractivity contribution < 1.29 is 24.0 Å². The van der Waals surface area contributed by atoms with Gasteiger partial charge in [0.1, 0.15) is 10.9 Å². The summed E-state index contributed by atoms with van der Waals surface area (Å²) in [5.41, 5.74) is 4.40. The van der Waals surface area contributed by atoms with E-state index in [0.717, 1.165) is 78.6 Å². The molecule has 1 aromatic heterocycles. The maximum atomic E-state index is 13.7. The summed E-state index contributed by atoms with van der Waals surface area (Å²) in [6, 6.07) is 9.01. The van der Waals surface area contributed by atoms with Gasteiger partial charge in [0.2, 0.25) is 17.5 Å². The normalized spacial score (nSPS) is 24.1. The Kier molecular flexibility index (Phi) is 8.94. The first kappa shape index (κ1) is 35.8. The van der Waals surface area contributed by atoms with Gasteiger partial charge in [-0.3, -0.25) is 39.1 Å². The highest BCUT2D eigenvalue weighted by atomic mass is 35.5. The van der Waals surface area contributed by atoms with Crippen molar-refractivity contribution in [3.8, 4) is 0 Å². The van der Waals surface area contributed by atoms with Crippen molar-refractivity contribution in [1.29, 1.82) is 0 Å². The Labute approximate surface area is 328 Å². The molecule has 13 nitrogen and oxygen atoms in total. The molecule has 1 spiro atoms. The number of amides is 5. The predicted molar refractivity (Wildman–Crippen MR) is 206 cm³/mol. The first-order valence-electron chi connectivity index (χ1n) is 19.1. The highest BCUT2D eigenvalue weighted by Gasteiger charge is 2.47. The van der Waals surface area contributed by atoms with Gasteiger partial charge in [0.25, 0.3) is 17.7 Å². The van der Waals surface area contributed by atoms with Crippen LogP contribution >= 0.6 is 22.9 Å². The molecule has 6 aliphatic heterocycles. The third-order valence-corrected chi connectivity index (χ3v) is 14.1. The molecule has 2 atom stereocenters. The fourth-order valence-corrected chi connectivity index (χ4v) is 10.9. The summed E-state index contributed by atoms with van der Waals surface area (Å²) in [6.07, 6.45) is 6.81. The molecule has 15 heteroatoms. The van der Waals surface area contributed by atoms with Crippen LogP contribution in [0, 0.1) is 12.0 Å². The number of benzene rings is 2. The molecule has 0 aliphatic carbocycles. The van der Waals surface area contributed by atoms with Gasteiger partial charge in [-0.05, 0) is 86.3 Å². The molecule has 0 bridgehead atoms. The molecule has 2 aromatic carbocycles. The van der Waals surface area contributed by atoms with Crippen LogP contribution in [0.5, 0.6) is 0 Å². The lowest BCUT2D eigenvalue weighted by Gasteiger charge is -2.39. The Morgan fingerprint density at radius 3 is 2.31 bits per heavy atom. The molecule has 6 aliphatic rings. The molecule has 3 aromatic rings. The number of rotatable bonds is 5. The van der Waals surface area contributed by atoms with Crippen molar-refractivity contribution in [3.63, 3.8) is 0 Å². The second kappa shape index (κ2) is 13.7. The Hall–Kier alpha value is -4.84. The van der Waals surface area contributed by atoms with Crippen LogP contribution < -0.4 is 15.1 Å². The van der Waals surface area contributed by atoms with Crippen LogP contribution in [0.15, 0.2) is 36.5 Å². The van der Waals surface area contributed by atoms with Gasteiger partial charge in [0.05, 0.1) is 23.9 Å². The van der Waals surface area contributed by atoms with Crippen molar-refractivity contribution in [2.75, 3.05) is 42.5 Å². The second-order valence-corrected chi connectivity index (χ2v) is 17.4. The topological polar surface area (TPSA) is 131 Å². The van der Waals surface area contributed by atoms with Crippen molar-refractivity contribution in [1.82, 2.24) is 25.0 Å². The number of likely N-dealkylation sites (tertiary alicyclic amines) is 1. The molecule has 9 rings (SSSR count). The molecule has 1 N–H and O–H groups in total. The van der Waals surface area contributed by atoms with E-state index >= 15 is 0 Å². The highest BCUT2D eigenvalue weighted by molar-refractivity contribution is 7.17. The maximum absolute atomic E-state index is 13.7. The van der Waals surface area contributed by atoms with E-state index < -0.39 is 29.7 Å². The Morgan fingerprint density at radius 2 is 1.67 bits per heavy atom. The molecular formula is C40H41ClN8O5S. The van der Waals surface area contributed by atoms with E-state index in [4.69, 9.17) is 23.2 Å². The van der Waals surface area contributed by atoms with E-state index in [0.29, 0.717) is 58.9 Å². The number of piperidine rings is 3. The lowest BCUT2D eigenvalue weighted by molar-refractivity contribution is -0.136. The minimum atomic E-state index is -0.977. The minimum Gasteiger partial charge on any atom is -0.368 e. The van der Waals surface area contributed by atoms with E-state index in [-0.39, 0.29) is 30.2 Å². The number of halogens is 1. The van der Waals surface area contributed by atoms with E-state index in [1.807, 2.05) is 23.1 Å². The van der Waals surface area contributed by atoms with Crippen LogP contribution in [-0.4, -0.2) is 100 Å². The average molecular weight is 781 g/mol. The van der Waals surface area contributed by atoms with Gasteiger partial charge in [-0.2, -0.15) is 0 Å². The zero-order valence-corrected chi connectivity index (χ0v) is 32.1. The van der Waals surface area contributed by atoms with Crippen LogP contribution in [0.25, 0.3) is 4.85 Å². The molecule has 7 heterocycles. The number of hydrogen-bond acceptors (Lipinski definition) is 10. The summed E-state index contributed by atoms with van der Waals surface area (Å²) in [5, 5.41) is 3.64. The van der Waals surface area contributed by atoms with Gasteiger partial charge in [-0.1, -0.05) is 29.0 Å². The summed E-state index contributed by atoms with van der Waals surface area (Å²) in [7, 11) is 0. The van der Waals surface area contributed by atoms with Crippen molar-refractivity contribution in [2.45, 2.75) is 83.1 Å². The number of carbonyl (C=O) groups is 5. The highest BCUT2D eigenvalue weighted by Crippen LogP contribution is 2.47. The molecule has 0 saturated carbocycles. The molecule has 4 saturated heterocycles. The number of nitrogens with one attached hydrogen (secondary N) is 1. The van der Waals surface area contributed by atoms with Gasteiger partial charge >= 0.3 is 0 Å². The quantitative estimate of drug-likeness (QED) is 0.273. The molecule has 5 amide bonds. The van der Waals surface area contributed by atoms with Crippen molar-refractivity contribution in [3.05, 3.63) is 80.1 Å². The average Bonchev–Trinajstić information content (AvgIpc) is 3.96. The van der Waals surface area contributed by atoms with E-state index in [9.17, 15) is 24.0 Å². The van der Waals surface area contributed by atoms with Gasteiger partial charge in [0.15, 0.2) is 5.13 Å². The fourth-order valence-electron chi connectivity index (χ4n) is 9.72. The number of thiazole rings is 1. The van der Waals surface area contributed by atoms with Gasteiger partial charge < -0.3 is 14.7 Å². The molecular weight excluding hydrogens is 740 g/mol. The standard InChI is InChI=1S/C40H41ClN8O5S/c1-23-18-40(22-48(23)27-3-4-31(42-2)30(41)17-27)9-13-46(14-10-40)39-43-19-33(55-39)38(54)45-11-7-26(8-12-45)47-20-24-15-28-29(16-25(24)21-47)37(53)49(36(28)52)32-5-6-34(50)44-35(32)51/h3-4,15-17,19,23,26,32H,5-14,18,20-22H2,1H3,(H,44,50,51)/t23-,32?/m0/s1. The zero-order valence-electron chi connectivity index (χ0n) is 30.6. The lowest BCUT2D eigenvalue weighted by Crippen LogP contribution is -2.54. The van der Waals surface area contributed by atoms with Gasteiger partial charge in [0, 0.05) is 75.0 Å². The number of hydrogen-bond donors (Lipinski definition) is 1. The third kappa shape index (κ3) is 6.26. The van der Waals surface area contributed by atoms with E-state index in [1.165, 1.54) is 11.3 Å². The van der Waals surface area contributed by atoms with E-state index in [1.54, 1.807) is 18.3 Å². The first-order chi connectivity index (χ1) is 26.5. The van der Waals surface area contributed by atoms with Crippen molar-refractivity contribution >= 4 is 69.0 Å². The number of anilines is 2. The molecule has 4 fully saturated rings. The van der Waals surface area contributed by atoms with Gasteiger partial charge in [-0.25, -0.2) is 9.83 Å². The summed E-state index contributed by atoms with van der Waals surface area (Å²) >= 11 is 7.86. The summed E-state index contributed by atoms with van der Waals surface area (Å²) in [5.74, 6) is -1.95. The van der Waals surface area contributed by atoms with E-state index in [2.05, 4.69) is 31.8 Å². The predicted octanol–water partition coefficient (Wildman–Crippen LogP) is 5.25. The number of imide groups is 2. The van der Waals surface area contributed by atoms with Crippen molar-refractivity contribution in [2.24, 2.45) is 5.41 Å². The summed E-state index contributed by atoms with van der Waals surface area (Å²) < 4.78 is 0. The smallest absolute Gasteiger partial charge is 0.265 e. The maximum Gasteiger partial charge on any atom is 0.265 e. The Bertz CT molecular complexity index is 2140. The van der Waals surface area contributed by atoms with Crippen LogP contribution in [0.1, 0.15) is 93.4 Å². The number of nitrogens with zero attached hydrogens (tertiary/aromatic N) is 7. The Morgan fingerprint density at radius 1 is 0.982 bits per heavy atom. The van der Waals surface area contributed by atoms with Crippen LogP contribution in [0.4, 0.5) is 16.5 Å². The zero-order chi connectivity index (χ0) is 38.2. The first-order valence-corrected chi connectivity index (χ1v) is 20.3. The minimum absolute atomic E-state index is 0.0255. The number of carbonyl (C=O) groups excluding carboxylic acids is 5. The fraction of sp³-hybridized carbons (Fsp3) is 0.475. The molecule has 0 radical (unpaired) electrons. The van der Waals surface area contributed by atoms with Gasteiger partial charge in [-0.15, -0.1) is 0 Å². The van der Waals surface area contributed by atoms with Crippen LogP contribution in [0.2, 0.25) is 5.02 Å². The Balaban J connectivity index is 0.774. The summed E-state index contributed by atoms with van der Waals surface area (Å²) in [6.45, 7) is 14.9. The largest absolute Gasteiger partial charge is 0.368 e. The lowest BCUT2D eigenvalue weighted by atomic mass is 9.77. The van der Waals surface area contributed by atoms with Crippen LogP contribution in [-0.2, 0) is 22.7 Å². The molecule has 284 valence electrons. The molecule has 1 unspecified atom stereocenters. The second-order valence-electron chi connectivity index (χ2n) is 16.0. The SMILES string of the molecule is [C-]#[N+]c1ccc(N2CC3(CCN(c4ncc(C(=O)N5CCC(N6Cc7cc8c(cc7C6)C(=O)N(C6CCC(=O)NC6=O)C8=O)CC5)s4)CC3)C[C@@H]2C)cc1Cl. The third-order valence-electron chi connectivity index (χ3n) is 12.7. The molecule has 55 heavy (non-hydrogen) atoms. The number of aromatic nitrogens is 1. The van der Waals surface area contributed by atoms with Crippen LogP contribution in [0.3, 0.4) is 0 Å². The number of fused-ring (bicyclic) bond motifs is 2. The summed E-state index contributed by atoms with van der Waals surface area (Å²) in [4.78, 5) is 83.4. The monoisotopic (exact) mass is 780 g/mol.